The average molecular weight is 514 g/mol. The first-order valence-corrected chi connectivity index (χ1v) is 11.2. The van der Waals surface area contributed by atoms with Gasteiger partial charge in [0.2, 0.25) is 5.88 Å². The number of carbonyl (C=O) groups excluding carboxylic acids is 1. The van der Waals surface area contributed by atoms with Crippen LogP contribution in [-0.2, 0) is 4.74 Å². The van der Waals surface area contributed by atoms with Crippen molar-refractivity contribution in [2.24, 2.45) is 0 Å². The maximum absolute atomic E-state index is 12.4. The number of fused-ring (bicyclic) bond motifs is 1. The summed E-state index contributed by atoms with van der Waals surface area (Å²) in [7, 11) is 3.09. The number of benzene rings is 3. The Balaban J connectivity index is 1.49. The van der Waals surface area contributed by atoms with Crippen LogP contribution in [0.5, 0.6) is 23.1 Å². The molecule has 10 heteroatoms. The Morgan fingerprint density at radius 1 is 0.943 bits per heavy atom. The van der Waals surface area contributed by atoms with Crippen molar-refractivity contribution in [3.8, 4) is 23.1 Å². The van der Waals surface area contributed by atoms with Crippen molar-refractivity contribution in [1.29, 1.82) is 0 Å². The molecule has 0 spiro atoms. The number of methoxy groups -OCH3 is 2. The third-order valence-electron chi connectivity index (χ3n) is 5.12. The Kier molecular flexibility index (Phi) is 7.43. The molecule has 180 valence electrons. The number of nitrogens with one attached hydrogen (secondary N) is 1. The van der Waals surface area contributed by atoms with E-state index < -0.39 is 12.2 Å². The first-order valence-electron chi connectivity index (χ1n) is 10.5. The Morgan fingerprint density at radius 2 is 1.69 bits per heavy atom. The molecule has 0 bridgehead atoms. The highest BCUT2D eigenvalue weighted by molar-refractivity contribution is 6.33. The van der Waals surface area contributed by atoms with Crippen molar-refractivity contribution >= 4 is 45.9 Å². The third-order valence-corrected chi connectivity index (χ3v) is 5.78. The van der Waals surface area contributed by atoms with Crippen LogP contribution < -0.4 is 19.5 Å². The van der Waals surface area contributed by atoms with E-state index >= 15 is 0 Å². The maximum Gasteiger partial charge on any atom is 0.412 e. The van der Waals surface area contributed by atoms with Gasteiger partial charge in [0.1, 0.15) is 18.2 Å². The van der Waals surface area contributed by atoms with E-state index in [0.717, 1.165) is 0 Å². The van der Waals surface area contributed by atoms with Gasteiger partial charge in [0.15, 0.2) is 11.5 Å². The van der Waals surface area contributed by atoms with Crippen LogP contribution in [0.2, 0.25) is 10.0 Å². The van der Waals surface area contributed by atoms with E-state index in [4.69, 9.17) is 42.1 Å². The Hall–Kier alpha value is -3.75. The van der Waals surface area contributed by atoms with E-state index in [0.29, 0.717) is 50.3 Å². The number of halogens is 2. The first kappa shape index (κ1) is 24.4. The molecule has 4 rings (SSSR count). The number of carbonyl (C=O) groups is 1. The average Bonchev–Trinajstić information content (AvgIpc) is 2.85. The number of anilines is 1. The van der Waals surface area contributed by atoms with Crippen molar-refractivity contribution in [1.82, 2.24) is 9.97 Å². The smallest absolute Gasteiger partial charge is 0.412 e. The second-order valence-electron chi connectivity index (χ2n) is 7.34. The fourth-order valence-corrected chi connectivity index (χ4v) is 3.89. The highest BCUT2D eigenvalue weighted by atomic mass is 35.5. The van der Waals surface area contributed by atoms with Crippen molar-refractivity contribution in [2.45, 2.75) is 13.0 Å². The summed E-state index contributed by atoms with van der Waals surface area (Å²) in [5, 5.41) is 4.02. The number of ether oxygens (including phenoxy) is 4. The fourth-order valence-electron chi connectivity index (χ4n) is 3.38. The molecule has 0 saturated carbocycles. The minimum Gasteiger partial charge on any atom is -0.493 e. The summed E-state index contributed by atoms with van der Waals surface area (Å²) >= 11 is 12.6. The highest BCUT2D eigenvalue weighted by Gasteiger charge is 2.17. The van der Waals surface area contributed by atoms with Crippen LogP contribution >= 0.6 is 23.2 Å². The molecule has 0 radical (unpaired) electrons. The Bertz CT molecular complexity index is 1380. The van der Waals surface area contributed by atoms with E-state index in [1.807, 2.05) is 6.07 Å². The Labute approximate surface area is 211 Å². The third kappa shape index (κ3) is 5.50. The predicted molar refractivity (Wildman–Crippen MR) is 134 cm³/mol. The minimum absolute atomic E-state index is 0.252. The number of nitrogens with zero attached hydrogens (tertiary/aromatic N) is 2. The number of hydrogen-bond donors (Lipinski definition) is 1. The van der Waals surface area contributed by atoms with Crippen LogP contribution in [0.25, 0.3) is 10.9 Å². The highest BCUT2D eigenvalue weighted by Crippen LogP contribution is 2.37. The maximum atomic E-state index is 12.4. The van der Waals surface area contributed by atoms with Gasteiger partial charge in [-0.25, -0.2) is 14.8 Å². The molecular weight excluding hydrogens is 493 g/mol. The minimum atomic E-state index is -0.671. The largest absolute Gasteiger partial charge is 0.493 e. The summed E-state index contributed by atoms with van der Waals surface area (Å²) in [6.45, 7) is 1.73. The molecule has 1 N–H and O–H groups in total. The fraction of sp³-hybridized carbons (Fsp3) is 0.160. The van der Waals surface area contributed by atoms with Gasteiger partial charge in [0.05, 0.1) is 35.8 Å². The van der Waals surface area contributed by atoms with Crippen LogP contribution in [-0.4, -0.2) is 30.3 Å². The second-order valence-corrected chi connectivity index (χ2v) is 8.16. The summed E-state index contributed by atoms with van der Waals surface area (Å²) in [6, 6.07) is 15.4. The molecule has 0 aliphatic heterocycles. The SMILES string of the molecule is COc1cc2ncnc(Oc3ccc(NC(=O)OC(C)c4ccccc4Cl)c(Cl)c3)c2cc1OC. The number of hydrogen-bond acceptors (Lipinski definition) is 7. The lowest BCUT2D eigenvalue weighted by Gasteiger charge is -2.16. The summed E-state index contributed by atoms with van der Waals surface area (Å²) in [5.74, 6) is 1.77. The molecule has 35 heavy (non-hydrogen) atoms. The summed E-state index contributed by atoms with van der Waals surface area (Å²) in [4.78, 5) is 20.9. The molecule has 4 aromatic rings. The van der Waals surface area contributed by atoms with Crippen molar-refractivity contribution in [3.63, 3.8) is 0 Å². The van der Waals surface area contributed by atoms with Crippen LogP contribution in [0.4, 0.5) is 10.5 Å². The van der Waals surface area contributed by atoms with Crippen molar-refractivity contribution in [2.75, 3.05) is 19.5 Å². The summed E-state index contributed by atoms with van der Waals surface area (Å²) in [5.41, 5.74) is 1.67. The monoisotopic (exact) mass is 513 g/mol. The molecule has 1 aromatic heterocycles. The van der Waals surface area contributed by atoms with Gasteiger partial charge in [-0.05, 0) is 31.2 Å². The van der Waals surface area contributed by atoms with E-state index in [-0.39, 0.29) is 5.02 Å². The zero-order valence-corrected chi connectivity index (χ0v) is 20.6. The lowest BCUT2D eigenvalue weighted by Crippen LogP contribution is -2.16. The Morgan fingerprint density at radius 3 is 2.40 bits per heavy atom. The zero-order chi connectivity index (χ0) is 24.9. The summed E-state index contributed by atoms with van der Waals surface area (Å²) in [6.07, 6.45) is 0.166. The second kappa shape index (κ2) is 10.7. The lowest BCUT2D eigenvalue weighted by molar-refractivity contribution is 0.121. The van der Waals surface area contributed by atoms with E-state index in [9.17, 15) is 4.79 Å². The zero-order valence-electron chi connectivity index (χ0n) is 19.0. The van der Waals surface area contributed by atoms with Gasteiger partial charge in [-0.3, -0.25) is 5.32 Å². The molecule has 8 nitrogen and oxygen atoms in total. The van der Waals surface area contributed by atoms with Crippen LogP contribution in [0.1, 0.15) is 18.6 Å². The van der Waals surface area contributed by atoms with E-state index in [1.165, 1.54) is 6.33 Å². The van der Waals surface area contributed by atoms with Crippen LogP contribution in [0, 0.1) is 0 Å². The normalized spacial score (nSPS) is 11.6. The molecule has 0 saturated heterocycles. The van der Waals surface area contributed by atoms with Gasteiger partial charge in [0.25, 0.3) is 0 Å². The number of amides is 1. The molecule has 1 unspecified atom stereocenters. The number of aromatic nitrogens is 2. The molecule has 0 aliphatic carbocycles. The van der Waals surface area contributed by atoms with Gasteiger partial charge in [0, 0.05) is 22.7 Å². The van der Waals surface area contributed by atoms with Gasteiger partial charge >= 0.3 is 6.09 Å². The molecule has 0 aliphatic rings. The quantitative estimate of drug-likeness (QED) is 0.282. The van der Waals surface area contributed by atoms with Gasteiger partial charge in [-0.1, -0.05) is 41.4 Å². The van der Waals surface area contributed by atoms with E-state index in [1.54, 1.807) is 69.7 Å². The van der Waals surface area contributed by atoms with Crippen molar-refractivity contribution < 1.29 is 23.7 Å². The van der Waals surface area contributed by atoms with Gasteiger partial charge < -0.3 is 18.9 Å². The van der Waals surface area contributed by atoms with E-state index in [2.05, 4.69) is 15.3 Å². The lowest BCUT2D eigenvalue weighted by atomic mass is 10.1. The summed E-state index contributed by atoms with van der Waals surface area (Å²) < 4.78 is 22.1. The molecule has 0 fully saturated rings. The van der Waals surface area contributed by atoms with Crippen LogP contribution in [0.3, 0.4) is 0 Å². The number of rotatable bonds is 7. The molecule has 1 heterocycles. The van der Waals surface area contributed by atoms with Gasteiger partial charge in [-0.2, -0.15) is 0 Å². The molecule has 3 aromatic carbocycles. The molecular formula is C25H21Cl2N3O5. The van der Waals surface area contributed by atoms with Crippen LogP contribution in [0.15, 0.2) is 60.9 Å². The van der Waals surface area contributed by atoms with Gasteiger partial charge in [-0.15, -0.1) is 0 Å². The topological polar surface area (TPSA) is 91.8 Å². The predicted octanol–water partition coefficient (Wildman–Crippen LogP) is 7.06. The van der Waals surface area contributed by atoms with Crippen molar-refractivity contribution in [3.05, 3.63) is 76.5 Å². The standard InChI is InChI=1S/C25H21Cl2N3O5/c1-14(16-6-4-5-7-18(16)26)34-25(31)30-20-9-8-15(10-19(20)27)35-24-17-11-22(32-2)23(33-3)12-21(17)28-13-29-24/h4-14H,1-3H3,(H,30,31). The first-order chi connectivity index (χ1) is 16.9. The molecule has 1 atom stereocenters. The molecule has 1 amide bonds.